The topological polar surface area (TPSA) is 20.2 Å². The number of aliphatic hydroxyl groups is 1. The van der Waals surface area contributed by atoms with Gasteiger partial charge in [0.25, 0.3) is 0 Å². The Balaban J connectivity index is -0.00000000200. The van der Waals surface area contributed by atoms with E-state index < -0.39 is 0 Å². The van der Waals surface area contributed by atoms with E-state index in [-0.39, 0.29) is 76.3 Å². The molecule has 8 heavy (non-hydrogen) atoms. The van der Waals surface area contributed by atoms with Crippen molar-refractivity contribution in [1.29, 1.82) is 0 Å². The minimum Gasteiger partial charge on any atom is -0.397 e. The molecule has 0 heterocycles. The quantitative estimate of drug-likeness (QED) is 0.674. The van der Waals surface area contributed by atoms with Gasteiger partial charge in [-0.2, -0.15) is 0 Å². The van der Waals surface area contributed by atoms with E-state index in [2.05, 4.69) is 0 Å². The van der Waals surface area contributed by atoms with Crippen LogP contribution >= 0.6 is 49.6 Å². The fourth-order valence-electron chi connectivity index (χ4n) is 0. The molecule has 0 aliphatic carbocycles. The molecule has 61 valence electrons. The molecular formula is C2H10Cl4IrO. The van der Waals surface area contributed by atoms with Crippen LogP contribution in [0, 0.1) is 0 Å². The van der Waals surface area contributed by atoms with Crippen LogP contribution in [0.25, 0.3) is 0 Å². The van der Waals surface area contributed by atoms with Gasteiger partial charge in [0.1, 0.15) is 0 Å². The minimum absolute atomic E-state index is 0. The molecule has 0 spiro atoms. The molecule has 0 atom stereocenters. The third-order valence-electron chi connectivity index (χ3n) is 0. The Kier molecular flexibility index (Phi) is 456. The molecule has 0 saturated carbocycles. The monoisotopic (exact) mass is 383 g/mol. The van der Waals surface area contributed by atoms with E-state index in [4.69, 9.17) is 5.11 Å². The van der Waals surface area contributed by atoms with Crippen molar-refractivity contribution in [2.75, 3.05) is 6.61 Å². The van der Waals surface area contributed by atoms with Gasteiger partial charge in [0, 0.05) is 26.7 Å². The first-order valence-electron chi connectivity index (χ1n) is 1.02. The Bertz CT molecular complexity index is 14.0. The molecule has 1 nitrogen and oxygen atoms in total. The fraction of sp³-hybridized carbons (Fsp3) is 1.00. The summed E-state index contributed by atoms with van der Waals surface area (Å²) in [6.45, 7) is 1.93. The Hall–Kier alpha value is 1.77. The predicted octanol–water partition coefficient (Wildman–Crippen LogP) is 1.68. The molecule has 1 N–H and O–H groups in total. The van der Waals surface area contributed by atoms with Gasteiger partial charge in [0.15, 0.2) is 0 Å². The molecule has 0 unspecified atom stereocenters. The zero-order chi connectivity index (χ0) is 2.71. The van der Waals surface area contributed by atoms with Crippen molar-refractivity contribution in [2.24, 2.45) is 0 Å². The van der Waals surface area contributed by atoms with Crippen LogP contribution in [-0.2, 0) is 20.1 Å². The number of hydrogen-bond donors (Lipinski definition) is 1. The molecule has 0 fully saturated rings. The van der Waals surface area contributed by atoms with Gasteiger partial charge in [0.05, 0.1) is 0 Å². The number of rotatable bonds is 0. The first-order chi connectivity index (χ1) is 1.41. The van der Waals surface area contributed by atoms with E-state index in [1.807, 2.05) is 0 Å². The van der Waals surface area contributed by atoms with Crippen LogP contribution in [0.3, 0.4) is 0 Å². The Morgan fingerprint density at radius 1 is 1.00 bits per heavy atom. The molecule has 0 aromatic carbocycles. The van der Waals surface area contributed by atoms with Crippen molar-refractivity contribution in [2.45, 2.75) is 6.92 Å². The molecule has 1 radical (unpaired) electrons. The average Bonchev–Trinajstić information content (AvgIpc) is 0.918. The van der Waals surface area contributed by atoms with E-state index in [0.29, 0.717) is 0 Å². The van der Waals surface area contributed by atoms with Crippen LogP contribution in [0.1, 0.15) is 6.92 Å². The van der Waals surface area contributed by atoms with Crippen LogP contribution in [0.5, 0.6) is 0 Å². The van der Waals surface area contributed by atoms with E-state index in [1.165, 1.54) is 0 Å². The standard InChI is InChI=1S/C2H6O.4ClH.Ir/c1-2-3;;;;;/h3H,2H2,1H3;4*1H;. The van der Waals surface area contributed by atoms with Crippen LogP contribution in [0.15, 0.2) is 0 Å². The van der Waals surface area contributed by atoms with Crippen molar-refractivity contribution in [1.82, 2.24) is 0 Å². The molecule has 6 heteroatoms. The van der Waals surface area contributed by atoms with Gasteiger partial charge in [0.2, 0.25) is 0 Å². The third-order valence-corrected chi connectivity index (χ3v) is 0. The van der Waals surface area contributed by atoms with E-state index in [9.17, 15) is 0 Å². The maximum atomic E-state index is 7.57. The van der Waals surface area contributed by atoms with E-state index in [1.54, 1.807) is 6.92 Å². The summed E-state index contributed by atoms with van der Waals surface area (Å²) in [4.78, 5) is 0. The van der Waals surface area contributed by atoms with Crippen molar-refractivity contribution < 1.29 is 25.2 Å². The molecule has 0 aliphatic heterocycles. The second-order valence-corrected chi connectivity index (χ2v) is 0.316. The zero-order valence-corrected chi connectivity index (χ0v) is 9.78. The molecule has 0 aromatic heterocycles. The third kappa shape index (κ3) is 114. The molecule has 0 aliphatic rings. The molecule has 0 aromatic rings. The van der Waals surface area contributed by atoms with Crippen molar-refractivity contribution in [3.05, 3.63) is 0 Å². The SMILES string of the molecule is CCO.Cl.Cl.Cl.Cl.[Ir]. The van der Waals surface area contributed by atoms with Gasteiger partial charge in [-0.25, -0.2) is 0 Å². The Morgan fingerprint density at radius 3 is 1.00 bits per heavy atom. The fourth-order valence-corrected chi connectivity index (χ4v) is 0. The summed E-state index contributed by atoms with van der Waals surface area (Å²) in [6.07, 6.45) is 0. The number of halogens is 4. The summed E-state index contributed by atoms with van der Waals surface area (Å²) in [7, 11) is 0. The summed E-state index contributed by atoms with van der Waals surface area (Å²) < 4.78 is 0. The summed E-state index contributed by atoms with van der Waals surface area (Å²) in [5, 5.41) is 7.57. The van der Waals surface area contributed by atoms with Gasteiger partial charge in [-0.05, 0) is 6.92 Å². The summed E-state index contributed by atoms with van der Waals surface area (Å²) in [5.74, 6) is 0. The summed E-state index contributed by atoms with van der Waals surface area (Å²) >= 11 is 0. The molecule has 0 bridgehead atoms. The summed E-state index contributed by atoms with van der Waals surface area (Å²) in [6, 6.07) is 0. The normalized spacial score (nSPS) is 2.25. The van der Waals surface area contributed by atoms with Crippen LogP contribution < -0.4 is 0 Å². The predicted molar refractivity (Wildman–Crippen MR) is 41.8 cm³/mol. The maximum Gasteiger partial charge on any atom is 0.0402 e. The first-order valence-corrected chi connectivity index (χ1v) is 1.02. The summed E-state index contributed by atoms with van der Waals surface area (Å²) in [5.41, 5.74) is 0. The molecule has 0 amide bonds. The largest absolute Gasteiger partial charge is 0.397 e. The first kappa shape index (κ1) is 52.9. The van der Waals surface area contributed by atoms with Crippen LogP contribution in [0.4, 0.5) is 0 Å². The van der Waals surface area contributed by atoms with E-state index in [0.717, 1.165) is 0 Å². The van der Waals surface area contributed by atoms with Crippen LogP contribution in [0.2, 0.25) is 0 Å². The minimum atomic E-state index is 0. The zero-order valence-electron chi connectivity index (χ0n) is 4.12. The van der Waals surface area contributed by atoms with Crippen LogP contribution in [-0.4, -0.2) is 11.7 Å². The van der Waals surface area contributed by atoms with Crippen molar-refractivity contribution >= 4 is 49.6 Å². The second kappa shape index (κ2) is 69.0. The Morgan fingerprint density at radius 2 is 1.00 bits per heavy atom. The maximum absolute atomic E-state index is 7.57. The molecule has 0 rings (SSSR count). The van der Waals surface area contributed by atoms with Gasteiger partial charge >= 0.3 is 0 Å². The van der Waals surface area contributed by atoms with E-state index >= 15 is 0 Å². The Labute approximate surface area is 88.0 Å². The van der Waals surface area contributed by atoms with Gasteiger partial charge in [-0.15, -0.1) is 49.6 Å². The smallest absolute Gasteiger partial charge is 0.0402 e. The van der Waals surface area contributed by atoms with Crippen molar-refractivity contribution in [3.8, 4) is 0 Å². The van der Waals surface area contributed by atoms with Gasteiger partial charge in [-0.3, -0.25) is 0 Å². The number of hydrogen-bond acceptors (Lipinski definition) is 1. The average molecular weight is 384 g/mol. The number of aliphatic hydroxyl groups excluding tert-OH is 1. The van der Waals surface area contributed by atoms with Crippen molar-refractivity contribution in [3.63, 3.8) is 0 Å². The molecule has 0 saturated heterocycles. The second-order valence-electron chi connectivity index (χ2n) is 0.316. The van der Waals surface area contributed by atoms with Gasteiger partial charge in [-0.1, -0.05) is 0 Å². The van der Waals surface area contributed by atoms with Gasteiger partial charge < -0.3 is 5.11 Å². The molecular weight excluding hydrogens is 374 g/mol.